The third kappa shape index (κ3) is 2.90. The normalized spacial score (nSPS) is 27.6. The minimum Gasteiger partial charge on any atom is -0.366 e. The molecule has 3 atom stereocenters. The summed E-state index contributed by atoms with van der Waals surface area (Å²) in [5.41, 5.74) is -0.482. The Kier molecular flexibility index (Phi) is 4.10. The summed E-state index contributed by atoms with van der Waals surface area (Å²) in [5.74, 6) is 0.865. The van der Waals surface area contributed by atoms with Crippen LogP contribution in [0.15, 0.2) is 28.2 Å². The molecule has 1 aromatic heterocycles. The van der Waals surface area contributed by atoms with Gasteiger partial charge >= 0.3 is 0 Å². The molecule has 3 unspecified atom stereocenters. The second-order valence-corrected chi connectivity index (χ2v) is 6.89. The van der Waals surface area contributed by atoms with Crippen molar-refractivity contribution in [3.8, 4) is 0 Å². The molecule has 1 heterocycles. The molecule has 1 aliphatic rings. The lowest BCUT2D eigenvalue weighted by Gasteiger charge is -2.20. The molecule has 1 aliphatic carbocycles. The standard InChI is InChI=1S/C13H20N2O3S/c1-3-10-4-5-11(9(10)2)15-19(17,18)13-8-14-7-6-12(13)16/h6-11,15H,3-5H2,1-2H3,(H,14,16). The number of nitrogens with one attached hydrogen (secondary N) is 2. The first-order valence-electron chi connectivity index (χ1n) is 6.65. The zero-order valence-corrected chi connectivity index (χ0v) is 12.0. The van der Waals surface area contributed by atoms with Gasteiger partial charge in [-0.25, -0.2) is 13.1 Å². The van der Waals surface area contributed by atoms with Gasteiger partial charge in [-0.1, -0.05) is 20.3 Å². The summed E-state index contributed by atoms with van der Waals surface area (Å²) in [5, 5.41) is 0. The highest BCUT2D eigenvalue weighted by atomic mass is 32.2. The molecule has 106 valence electrons. The van der Waals surface area contributed by atoms with E-state index in [1.165, 1.54) is 18.5 Å². The maximum atomic E-state index is 12.2. The van der Waals surface area contributed by atoms with Crippen molar-refractivity contribution in [2.45, 2.75) is 44.0 Å². The van der Waals surface area contributed by atoms with Gasteiger partial charge in [0.25, 0.3) is 0 Å². The number of pyridine rings is 1. The van der Waals surface area contributed by atoms with Crippen molar-refractivity contribution >= 4 is 10.0 Å². The van der Waals surface area contributed by atoms with Crippen molar-refractivity contribution in [3.05, 3.63) is 28.7 Å². The average molecular weight is 284 g/mol. The van der Waals surface area contributed by atoms with Crippen LogP contribution >= 0.6 is 0 Å². The van der Waals surface area contributed by atoms with Crippen LogP contribution < -0.4 is 10.2 Å². The summed E-state index contributed by atoms with van der Waals surface area (Å²) < 4.78 is 27.1. The summed E-state index contributed by atoms with van der Waals surface area (Å²) in [6, 6.07) is 1.15. The van der Waals surface area contributed by atoms with Gasteiger partial charge in [-0.05, 0) is 24.7 Å². The fourth-order valence-corrected chi connectivity index (χ4v) is 4.28. The van der Waals surface area contributed by atoms with Crippen molar-refractivity contribution in [2.24, 2.45) is 11.8 Å². The van der Waals surface area contributed by atoms with Crippen molar-refractivity contribution in [3.63, 3.8) is 0 Å². The average Bonchev–Trinajstić information content (AvgIpc) is 2.70. The third-order valence-electron chi connectivity index (χ3n) is 4.14. The Hall–Kier alpha value is -1.14. The largest absolute Gasteiger partial charge is 0.366 e. The molecule has 0 bridgehead atoms. The van der Waals surface area contributed by atoms with E-state index in [2.05, 4.69) is 23.6 Å². The number of hydrogen-bond acceptors (Lipinski definition) is 3. The van der Waals surface area contributed by atoms with E-state index in [9.17, 15) is 13.2 Å². The number of hydrogen-bond donors (Lipinski definition) is 2. The molecule has 0 spiro atoms. The van der Waals surface area contributed by atoms with Gasteiger partial charge in [-0.15, -0.1) is 0 Å². The minimum atomic E-state index is -3.73. The molecule has 0 saturated heterocycles. The van der Waals surface area contributed by atoms with Crippen molar-refractivity contribution in [2.75, 3.05) is 0 Å². The SMILES string of the molecule is CCC1CCC(NS(=O)(=O)c2c[nH]ccc2=O)C1C. The lowest BCUT2D eigenvalue weighted by atomic mass is 9.94. The lowest BCUT2D eigenvalue weighted by Crippen LogP contribution is -2.39. The van der Waals surface area contributed by atoms with Gasteiger partial charge in [0.05, 0.1) is 0 Å². The molecule has 1 fully saturated rings. The van der Waals surface area contributed by atoms with Gasteiger partial charge in [0.2, 0.25) is 15.5 Å². The van der Waals surface area contributed by atoms with Gasteiger partial charge in [-0.2, -0.15) is 0 Å². The molecule has 2 N–H and O–H groups in total. The number of rotatable bonds is 4. The highest BCUT2D eigenvalue weighted by Gasteiger charge is 2.34. The molecule has 1 saturated carbocycles. The number of H-pyrrole nitrogens is 1. The molecule has 0 aromatic carbocycles. The Balaban J connectivity index is 2.20. The maximum absolute atomic E-state index is 12.2. The minimum absolute atomic E-state index is 0.0745. The molecule has 0 radical (unpaired) electrons. The quantitative estimate of drug-likeness (QED) is 0.879. The Morgan fingerprint density at radius 1 is 1.42 bits per heavy atom. The maximum Gasteiger partial charge on any atom is 0.246 e. The van der Waals surface area contributed by atoms with Gasteiger partial charge in [0.15, 0.2) is 0 Å². The van der Waals surface area contributed by atoms with Crippen LogP contribution in [-0.4, -0.2) is 19.4 Å². The number of aromatic amines is 1. The number of sulfonamides is 1. The predicted molar refractivity (Wildman–Crippen MR) is 73.4 cm³/mol. The van der Waals surface area contributed by atoms with Gasteiger partial charge in [0.1, 0.15) is 4.90 Å². The second-order valence-electron chi connectivity index (χ2n) is 5.21. The van der Waals surface area contributed by atoms with Crippen LogP contribution in [0.3, 0.4) is 0 Å². The third-order valence-corrected chi connectivity index (χ3v) is 5.65. The summed E-state index contributed by atoms with van der Waals surface area (Å²) in [6.45, 7) is 4.20. The Bertz CT molecular complexity index is 594. The van der Waals surface area contributed by atoms with Crippen molar-refractivity contribution in [1.82, 2.24) is 9.71 Å². The van der Waals surface area contributed by atoms with Crippen molar-refractivity contribution < 1.29 is 8.42 Å². The molecule has 0 aliphatic heterocycles. The van der Waals surface area contributed by atoms with E-state index in [1.807, 2.05) is 0 Å². The van der Waals surface area contributed by atoms with Crippen LogP contribution in [0.4, 0.5) is 0 Å². The molecule has 2 rings (SSSR count). The zero-order chi connectivity index (χ0) is 14.0. The molecule has 19 heavy (non-hydrogen) atoms. The highest BCUT2D eigenvalue weighted by molar-refractivity contribution is 7.89. The Morgan fingerprint density at radius 3 is 2.74 bits per heavy atom. The number of aromatic nitrogens is 1. The monoisotopic (exact) mass is 284 g/mol. The van der Waals surface area contributed by atoms with Crippen LogP contribution in [0.25, 0.3) is 0 Å². The Labute approximate surface area is 113 Å². The van der Waals surface area contributed by atoms with E-state index < -0.39 is 15.5 Å². The summed E-state index contributed by atoms with van der Waals surface area (Å²) >= 11 is 0. The second kappa shape index (κ2) is 5.46. The summed E-state index contributed by atoms with van der Waals surface area (Å²) in [7, 11) is -3.73. The first-order valence-corrected chi connectivity index (χ1v) is 8.13. The lowest BCUT2D eigenvalue weighted by molar-refractivity contribution is 0.368. The highest BCUT2D eigenvalue weighted by Crippen LogP contribution is 2.34. The first kappa shape index (κ1) is 14.3. The van der Waals surface area contributed by atoms with Crippen LogP contribution in [0.2, 0.25) is 0 Å². The van der Waals surface area contributed by atoms with Crippen molar-refractivity contribution in [1.29, 1.82) is 0 Å². The predicted octanol–water partition coefficient (Wildman–Crippen LogP) is 1.48. The van der Waals surface area contributed by atoms with Gasteiger partial charge < -0.3 is 4.98 Å². The zero-order valence-electron chi connectivity index (χ0n) is 11.2. The van der Waals surface area contributed by atoms with Crippen LogP contribution in [0.5, 0.6) is 0 Å². The van der Waals surface area contributed by atoms with Crippen LogP contribution in [0.1, 0.15) is 33.1 Å². The molecule has 1 aromatic rings. The molecular formula is C13H20N2O3S. The van der Waals surface area contributed by atoms with E-state index in [4.69, 9.17) is 0 Å². The van der Waals surface area contributed by atoms with E-state index in [1.54, 1.807) is 0 Å². The molecule has 6 heteroatoms. The molecule has 0 amide bonds. The smallest absolute Gasteiger partial charge is 0.246 e. The van der Waals surface area contributed by atoms with Crippen LogP contribution in [0, 0.1) is 11.8 Å². The van der Waals surface area contributed by atoms with Crippen LogP contribution in [-0.2, 0) is 10.0 Å². The van der Waals surface area contributed by atoms with E-state index in [0.717, 1.165) is 19.3 Å². The summed E-state index contributed by atoms with van der Waals surface area (Å²) in [6.07, 6.45) is 5.60. The fourth-order valence-electron chi connectivity index (χ4n) is 2.86. The summed E-state index contributed by atoms with van der Waals surface area (Å²) in [4.78, 5) is 14.0. The van der Waals surface area contributed by atoms with E-state index in [0.29, 0.717) is 11.8 Å². The first-order chi connectivity index (χ1) is 8.95. The Morgan fingerprint density at radius 2 is 2.16 bits per heavy atom. The van der Waals surface area contributed by atoms with E-state index in [-0.39, 0.29) is 10.9 Å². The van der Waals surface area contributed by atoms with Gasteiger partial charge in [-0.3, -0.25) is 4.79 Å². The van der Waals surface area contributed by atoms with Gasteiger partial charge in [0, 0.05) is 24.5 Å². The molecule has 5 nitrogen and oxygen atoms in total. The fraction of sp³-hybridized carbons (Fsp3) is 0.615. The molecular weight excluding hydrogens is 264 g/mol. The van der Waals surface area contributed by atoms with E-state index >= 15 is 0 Å². The topological polar surface area (TPSA) is 79.0 Å².